The average Bonchev–Trinajstić information content (AvgIpc) is 3.30. The molecule has 1 fully saturated rings. The van der Waals surface area contributed by atoms with Crippen molar-refractivity contribution >= 4 is 5.91 Å². The number of aliphatic hydroxyl groups is 1. The summed E-state index contributed by atoms with van der Waals surface area (Å²) in [5.74, 6) is 8.01. The number of aromatic nitrogens is 3. The number of likely N-dealkylation sites (tertiary alicyclic amines) is 1. The third-order valence-corrected chi connectivity index (χ3v) is 4.93. The molecule has 7 heteroatoms. The molecular formula is C22H22N4O3. The molecule has 0 saturated carbocycles. The van der Waals surface area contributed by atoms with Gasteiger partial charge in [-0.2, -0.15) is 0 Å². The summed E-state index contributed by atoms with van der Waals surface area (Å²) in [6, 6.07) is 9.70. The summed E-state index contributed by atoms with van der Waals surface area (Å²) in [7, 11) is 0. The molecule has 1 saturated heterocycles. The summed E-state index contributed by atoms with van der Waals surface area (Å²) in [4.78, 5) is 17.2. The summed E-state index contributed by atoms with van der Waals surface area (Å²) in [6.07, 6.45) is 2.82. The molecular weight excluding hydrogens is 368 g/mol. The second-order valence-corrected chi connectivity index (χ2v) is 7.24. The number of rotatable bonds is 4. The van der Waals surface area contributed by atoms with E-state index in [0.29, 0.717) is 18.1 Å². The van der Waals surface area contributed by atoms with Gasteiger partial charge < -0.3 is 19.1 Å². The Hall–Kier alpha value is -3.37. The van der Waals surface area contributed by atoms with E-state index in [0.717, 1.165) is 29.9 Å². The number of aliphatic hydroxyl groups excluding tert-OH is 1. The number of hydrogen-bond donors (Lipinski definition) is 1. The highest BCUT2D eigenvalue weighted by molar-refractivity contribution is 5.74. The third-order valence-electron chi connectivity index (χ3n) is 4.93. The monoisotopic (exact) mass is 390 g/mol. The van der Waals surface area contributed by atoms with Gasteiger partial charge in [0.1, 0.15) is 17.6 Å². The fourth-order valence-corrected chi connectivity index (χ4v) is 3.25. The van der Waals surface area contributed by atoms with Crippen molar-refractivity contribution in [1.82, 2.24) is 19.6 Å². The quantitative estimate of drug-likeness (QED) is 0.692. The Bertz CT molecular complexity index is 1060. The van der Waals surface area contributed by atoms with E-state index in [1.54, 1.807) is 24.9 Å². The molecule has 0 aliphatic carbocycles. The van der Waals surface area contributed by atoms with Crippen molar-refractivity contribution in [2.24, 2.45) is 5.92 Å². The topological polar surface area (TPSA) is 84.4 Å². The Morgan fingerprint density at radius 1 is 1.34 bits per heavy atom. The summed E-state index contributed by atoms with van der Waals surface area (Å²) in [5.41, 5.74) is 2.60. The second-order valence-electron chi connectivity index (χ2n) is 7.24. The molecule has 1 unspecified atom stereocenters. The first-order valence-corrected chi connectivity index (χ1v) is 9.52. The predicted molar refractivity (Wildman–Crippen MR) is 107 cm³/mol. The lowest BCUT2D eigenvalue weighted by Gasteiger charge is -2.35. The number of imidazole rings is 1. The first kappa shape index (κ1) is 19.0. The minimum Gasteiger partial charge on any atom is -0.385 e. The molecule has 29 heavy (non-hydrogen) atoms. The Balaban J connectivity index is 1.40. The van der Waals surface area contributed by atoms with Gasteiger partial charge in [-0.1, -0.05) is 17.0 Å². The highest BCUT2D eigenvalue weighted by Crippen LogP contribution is 2.22. The molecule has 148 valence electrons. The zero-order valence-corrected chi connectivity index (χ0v) is 16.4. The molecule has 0 spiro atoms. The van der Waals surface area contributed by atoms with Gasteiger partial charge in [-0.25, -0.2) is 4.98 Å². The maximum absolute atomic E-state index is 11.2. The van der Waals surface area contributed by atoms with Crippen LogP contribution < -0.4 is 0 Å². The number of benzene rings is 1. The summed E-state index contributed by atoms with van der Waals surface area (Å²) < 4.78 is 7.32. The van der Waals surface area contributed by atoms with Crippen LogP contribution in [0.25, 0.3) is 11.3 Å². The number of amides is 1. The Morgan fingerprint density at radius 2 is 2.10 bits per heavy atom. The Morgan fingerprint density at radius 3 is 2.79 bits per heavy atom. The van der Waals surface area contributed by atoms with Gasteiger partial charge in [-0.3, -0.25) is 4.79 Å². The van der Waals surface area contributed by atoms with Gasteiger partial charge in [0.25, 0.3) is 0 Å². The standard InChI is InChI=1S/C22H22N4O3/c1-15(27)22-23-9-10-25(22)14-20-11-21(29-24-20)19-7-5-17(6-8-19)3-4-18-12-26(13-18)16(2)28/h5-11,15,18,27H,12-14H2,1-2H3. The number of carbonyl (C=O) groups excluding carboxylic acids is 1. The van der Waals surface area contributed by atoms with Gasteiger partial charge in [0.2, 0.25) is 5.91 Å². The minimum absolute atomic E-state index is 0.106. The van der Waals surface area contributed by atoms with E-state index in [1.807, 2.05) is 41.1 Å². The molecule has 1 aliphatic heterocycles. The van der Waals surface area contributed by atoms with Gasteiger partial charge in [-0.15, -0.1) is 0 Å². The van der Waals surface area contributed by atoms with Crippen LogP contribution in [0.5, 0.6) is 0 Å². The Labute approximate surface area is 169 Å². The molecule has 3 heterocycles. The fourth-order valence-electron chi connectivity index (χ4n) is 3.25. The van der Waals surface area contributed by atoms with Crippen LogP contribution in [0.4, 0.5) is 0 Å². The summed E-state index contributed by atoms with van der Waals surface area (Å²) in [5, 5.41) is 13.9. The molecule has 0 bridgehead atoms. The first-order chi connectivity index (χ1) is 14.0. The maximum Gasteiger partial charge on any atom is 0.219 e. The maximum atomic E-state index is 11.2. The van der Waals surface area contributed by atoms with Gasteiger partial charge in [-0.05, 0) is 31.2 Å². The van der Waals surface area contributed by atoms with Crippen molar-refractivity contribution in [2.75, 3.05) is 13.1 Å². The molecule has 0 radical (unpaired) electrons. The second kappa shape index (κ2) is 7.94. The number of carbonyl (C=O) groups is 1. The van der Waals surface area contributed by atoms with Crippen LogP contribution in [0.1, 0.15) is 37.0 Å². The molecule has 7 nitrogen and oxygen atoms in total. The highest BCUT2D eigenvalue weighted by atomic mass is 16.5. The first-order valence-electron chi connectivity index (χ1n) is 9.52. The molecule has 3 aromatic rings. The van der Waals surface area contributed by atoms with E-state index in [9.17, 15) is 9.90 Å². The van der Waals surface area contributed by atoms with Crippen LogP contribution in [0, 0.1) is 17.8 Å². The molecule has 2 aromatic heterocycles. The van der Waals surface area contributed by atoms with E-state index in [-0.39, 0.29) is 11.8 Å². The molecule has 1 N–H and O–H groups in total. The van der Waals surface area contributed by atoms with Crippen molar-refractivity contribution in [3.05, 3.63) is 59.8 Å². The SMILES string of the molecule is CC(=O)N1CC(C#Cc2ccc(-c3cc(Cn4ccnc4C(C)O)no3)cc2)C1. The van der Waals surface area contributed by atoms with Gasteiger partial charge in [0.15, 0.2) is 5.76 Å². The largest absolute Gasteiger partial charge is 0.385 e. The van der Waals surface area contributed by atoms with Crippen molar-refractivity contribution in [3.8, 4) is 23.2 Å². The summed E-state index contributed by atoms with van der Waals surface area (Å²) >= 11 is 0. The van der Waals surface area contributed by atoms with Crippen LogP contribution in [-0.2, 0) is 11.3 Å². The van der Waals surface area contributed by atoms with E-state index in [2.05, 4.69) is 22.0 Å². The van der Waals surface area contributed by atoms with Crippen LogP contribution in [0.3, 0.4) is 0 Å². The Kier molecular flexibility index (Phi) is 5.19. The smallest absolute Gasteiger partial charge is 0.219 e. The van der Waals surface area contributed by atoms with Gasteiger partial charge >= 0.3 is 0 Å². The van der Waals surface area contributed by atoms with E-state index in [1.165, 1.54) is 0 Å². The zero-order valence-electron chi connectivity index (χ0n) is 16.4. The molecule has 1 atom stereocenters. The molecule has 1 aromatic carbocycles. The number of hydrogen-bond acceptors (Lipinski definition) is 5. The van der Waals surface area contributed by atoms with E-state index < -0.39 is 6.10 Å². The van der Waals surface area contributed by atoms with Crippen LogP contribution >= 0.6 is 0 Å². The lowest BCUT2D eigenvalue weighted by molar-refractivity contribution is -0.133. The van der Waals surface area contributed by atoms with Gasteiger partial charge in [0.05, 0.1) is 12.5 Å². The average molecular weight is 390 g/mol. The third kappa shape index (κ3) is 4.23. The van der Waals surface area contributed by atoms with Crippen molar-refractivity contribution in [3.63, 3.8) is 0 Å². The number of nitrogens with zero attached hydrogens (tertiary/aromatic N) is 4. The molecule has 1 amide bonds. The van der Waals surface area contributed by atoms with Crippen molar-refractivity contribution < 1.29 is 14.4 Å². The predicted octanol–water partition coefficient (Wildman–Crippen LogP) is 2.47. The normalized spacial score (nSPS) is 14.8. The van der Waals surface area contributed by atoms with E-state index >= 15 is 0 Å². The van der Waals surface area contributed by atoms with Gasteiger partial charge in [0, 0.05) is 49.6 Å². The van der Waals surface area contributed by atoms with Crippen molar-refractivity contribution in [1.29, 1.82) is 0 Å². The summed E-state index contributed by atoms with van der Waals surface area (Å²) in [6.45, 7) is 5.18. The molecule has 4 rings (SSSR count). The molecule has 1 aliphatic rings. The lowest BCUT2D eigenvalue weighted by Crippen LogP contribution is -2.48. The van der Waals surface area contributed by atoms with Crippen LogP contribution in [0.2, 0.25) is 0 Å². The van der Waals surface area contributed by atoms with Crippen molar-refractivity contribution in [2.45, 2.75) is 26.5 Å². The zero-order chi connectivity index (χ0) is 20.4. The minimum atomic E-state index is -0.643. The lowest BCUT2D eigenvalue weighted by atomic mass is 10.0. The van der Waals surface area contributed by atoms with E-state index in [4.69, 9.17) is 4.52 Å². The van der Waals surface area contributed by atoms with Crippen LogP contribution in [0.15, 0.2) is 47.2 Å². The van der Waals surface area contributed by atoms with Crippen LogP contribution in [-0.4, -0.2) is 43.7 Å². The fraction of sp³-hybridized carbons (Fsp3) is 0.318. The highest BCUT2D eigenvalue weighted by Gasteiger charge is 2.26.